The molecule has 0 radical (unpaired) electrons. The van der Waals surface area contributed by atoms with Gasteiger partial charge in [-0.25, -0.2) is 4.79 Å². The lowest BCUT2D eigenvalue weighted by Gasteiger charge is -2.58. The van der Waals surface area contributed by atoms with Gasteiger partial charge in [0.25, 0.3) is 11.8 Å². The zero-order valence-electron chi connectivity index (χ0n) is 38.0. The summed E-state index contributed by atoms with van der Waals surface area (Å²) in [6.07, 6.45) is 19.3. The lowest BCUT2D eigenvalue weighted by molar-refractivity contribution is -0.137. The Bertz CT molecular complexity index is 1570. The fraction of sp³-hybridized carbons (Fsp3) is 0.812. The number of hydrogen-bond donors (Lipinski definition) is 3. The van der Waals surface area contributed by atoms with E-state index in [9.17, 15) is 24.0 Å². The number of carbonyl (C=O) groups is 5. The summed E-state index contributed by atoms with van der Waals surface area (Å²) in [6.45, 7) is 21.1. The number of ether oxygens (including phenoxy) is 2. The summed E-state index contributed by atoms with van der Waals surface area (Å²) in [5.74, 6) is 3.65. The Hall–Kier alpha value is -3.21. The van der Waals surface area contributed by atoms with Crippen LogP contribution in [0.5, 0.6) is 0 Å². The lowest BCUT2D eigenvalue weighted by Crippen LogP contribution is -2.51. The summed E-state index contributed by atoms with van der Waals surface area (Å²) < 4.78 is 12.0. The van der Waals surface area contributed by atoms with E-state index in [-0.39, 0.29) is 42.7 Å². The average Bonchev–Trinajstić information content (AvgIpc) is 3.68. The average molecular weight is 823 g/mol. The minimum Gasteiger partial charge on any atom is -0.446 e. The Kier molecular flexibility index (Phi) is 15.6. The summed E-state index contributed by atoms with van der Waals surface area (Å²) in [5, 5.41) is 8.68. The monoisotopic (exact) mass is 823 g/mol. The van der Waals surface area contributed by atoms with Gasteiger partial charge in [0.05, 0.1) is 5.60 Å². The number of fused-ring (bicyclic) bond motifs is 5. The van der Waals surface area contributed by atoms with E-state index >= 15 is 0 Å². The number of nitrogens with one attached hydrogen (secondary N) is 3. The van der Waals surface area contributed by atoms with Gasteiger partial charge in [0, 0.05) is 63.2 Å². The molecule has 11 nitrogen and oxygen atoms in total. The molecule has 0 aromatic heterocycles. The normalized spacial score (nSPS) is 29.7. The molecule has 59 heavy (non-hydrogen) atoms. The summed E-state index contributed by atoms with van der Waals surface area (Å²) in [6, 6.07) is 0. The molecule has 5 rings (SSSR count). The fourth-order valence-corrected chi connectivity index (χ4v) is 11.8. The van der Waals surface area contributed by atoms with Crippen LogP contribution in [-0.4, -0.2) is 78.1 Å². The summed E-state index contributed by atoms with van der Waals surface area (Å²) in [5.41, 5.74) is 1.08. The van der Waals surface area contributed by atoms with E-state index in [1.807, 2.05) is 27.7 Å². The highest BCUT2D eigenvalue weighted by atomic mass is 16.6. The molecule has 5 amide bonds. The predicted molar refractivity (Wildman–Crippen MR) is 231 cm³/mol. The standard InChI is InChI=1S/C48H78N4O7/c1-32(2)11-10-12-33(3)37-15-16-38-36-14-13-34-31-35(19-24-47(34,8)39(36)20-25-48(37,38)9)59-44(57)50-28-27-49-40(53)21-23-46(6,7)58-30-26-45(4,5)51-41(54)22-29-52-42(55)17-18-43(52)56/h13,17-18,32-33,35-39H,10-12,14-16,19-31H2,1-9H3,(H,49,53)(H,50,57)(H,51,54)/t33-,35+,36+,37-,38+,39+,47+,48-/m1/s1. The lowest BCUT2D eigenvalue weighted by atomic mass is 9.47. The molecule has 0 aromatic rings. The second kappa shape index (κ2) is 19.7. The summed E-state index contributed by atoms with van der Waals surface area (Å²) in [4.78, 5) is 62.4. The van der Waals surface area contributed by atoms with Gasteiger partial charge in [-0.2, -0.15) is 0 Å². The molecule has 3 saturated carbocycles. The van der Waals surface area contributed by atoms with E-state index in [1.165, 1.54) is 69.1 Å². The molecule has 0 unspecified atom stereocenters. The largest absolute Gasteiger partial charge is 0.446 e. The van der Waals surface area contributed by atoms with Crippen molar-refractivity contribution >= 4 is 29.7 Å². The maximum Gasteiger partial charge on any atom is 0.407 e. The molecular formula is C48H78N4O7. The third-order valence-electron chi connectivity index (χ3n) is 15.4. The zero-order valence-corrected chi connectivity index (χ0v) is 38.0. The topological polar surface area (TPSA) is 143 Å². The molecule has 0 bridgehead atoms. The zero-order chi connectivity index (χ0) is 43.2. The number of nitrogens with zero attached hydrogens (tertiary/aromatic N) is 1. The molecule has 5 aliphatic rings. The first-order valence-corrected chi connectivity index (χ1v) is 23.1. The molecule has 1 heterocycles. The van der Waals surface area contributed by atoms with Crippen LogP contribution in [0.3, 0.4) is 0 Å². The molecule has 0 aromatic carbocycles. The maximum atomic E-state index is 12.8. The van der Waals surface area contributed by atoms with Crippen molar-refractivity contribution in [3.8, 4) is 0 Å². The first-order chi connectivity index (χ1) is 27.7. The van der Waals surface area contributed by atoms with Crippen LogP contribution in [0.25, 0.3) is 0 Å². The smallest absolute Gasteiger partial charge is 0.407 e. The molecular weight excluding hydrogens is 745 g/mol. The Morgan fingerprint density at radius 1 is 0.864 bits per heavy atom. The quantitative estimate of drug-likeness (QED) is 0.0636. The van der Waals surface area contributed by atoms with Gasteiger partial charge < -0.3 is 25.4 Å². The SMILES string of the molecule is CC(C)CCC[C@@H](C)[C@H]1CC[C@H]2[C@@H]3CC=C4C[C@@H](OC(=O)NCCNC(=O)CCC(C)(C)OCCC(C)(C)NC(=O)CCN5C(=O)C=CC5=O)CC[C@]4(C)[C@H]3CC[C@]12C. The Morgan fingerprint density at radius 3 is 2.29 bits per heavy atom. The number of allylic oxidation sites excluding steroid dienone is 1. The van der Waals surface area contributed by atoms with Crippen LogP contribution < -0.4 is 16.0 Å². The third kappa shape index (κ3) is 12.0. The summed E-state index contributed by atoms with van der Waals surface area (Å²) in [7, 11) is 0. The van der Waals surface area contributed by atoms with Crippen molar-refractivity contribution < 1.29 is 33.4 Å². The van der Waals surface area contributed by atoms with Crippen LogP contribution in [0.1, 0.15) is 159 Å². The van der Waals surface area contributed by atoms with Gasteiger partial charge in [-0.3, -0.25) is 24.1 Å². The van der Waals surface area contributed by atoms with Crippen molar-refractivity contribution in [1.29, 1.82) is 0 Å². The molecule has 4 aliphatic carbocycles. The van der Waals surface area contributed by atoms with Gasteiger partial charge >= 0.3 is 6.09 Å². The van der Waals surface area contributed by atoms with Crippen LogP contribution in [0.4, 0.5) is 4.79 Å². The minimum absolute atomic E-state index is 0.0267. The predicted octanol–water partition coefficient (Wildman–Crippen LogP) is 8.41. The van der Waals surface area contributed by atoms with Gasteiger partial charge in [-0.15, -0.1) is 0 Å². The molecule has 11 heteroatoms. The van der Waals surface area contributed by atoms with Gasteiger partial charge in [-0.05, 0) is 132 Å². The van der Waals surface area contributed by atoms with Gasteiger partial charge in [-0.1, -0.05) is 65.5 Å². The van der Waals surface area contributed by atoms with Crippen LogP contribution in [0.15, 0.2) is 23.8 Å². The molecule has 1 aliphatic heterocycles. The second-order valence-corrected chi connectivity index (χ2v) is 21.0. The summed E-state index contributed by atoms with van der Waals surface area (Å²) >= 11 is 0. The van der Waals surface area contributed by atoms with E-state index in [1.54, 1.807) is 0 Å². The molecule has 0 spiro atoms. The van der Waals surface area contributed by atoms with Crippen molar-refractivity contribution in [2.45, 2.75) is 176 Å². The fourth-order valence-electron chi connectivity index (χ4n) is 11.8. The minimum atomic E-state index is -0.562. The third-order valence-corrected chi connectivity index (χ3v) is 15.4. The number of rotatable bonds is 20. The molecule has 3 fully saturated rings. The highest BCUT2D eigenvalue weighted by Gasteiger charge is 2.59. The van der Waals surface area contributed by atoms with E-state index in [2.05, 4.69) is 56.6 Å². The van der Waals surface area contributed by atoms with Crippen molar-refractivity contribution in [2.24, 2.45) is 46.3 Å². The van der Waals surface area contributed by atoms with E-state index in [4.69, 9.17) is 9.47 Å². The number of hydrogen-bond acceptors (Lipinski definition) is 7. The van der Waals surface area contributed by atoms with Crippen molar-refractivity contribution in [3.05, 3.63) is 23.8 Å². The first-order valence-electron chi connectivity index (χ1n) is 23.1. The van der Waals surface area contributed by atoms with Crippen LogP contribution in [-0.2, 0) is 28.7 Å². The highest BCUT2D eigenvalue weighted by Crippen LogP contribution is 2.67. The first kappa shape index (κ1) is 46.8. The number of imide groups is 1. The highest BCUT2D eigenvalue weighted by molar-refractivity contribution is 6.13. The number of amides is 5. The molecule has 8 atom stereocenters. The Balaban J connectivity index is 0.954. The molecule has 332 valence electrons. The Labute approximate surface area is 355 Å². The second-order valence-electron chi connectivity index (χ2n) is 21.0. The van der Waals surface area contributed by atoms with Gasteiger partial charge in [0.15, 0.2) is 0 Å². The van der Waals surface area contributed by atoms with E-state index < -0.39 is 29.0 Å². The Morgan fingerprint density at radius 2 is 1.58 bits per heavy atom. The van der Waals surface area contributed by atoms with Gasteiger partial charge in [0.1, 0.15) is 6.10 Å². The van der Waals surface area contributed by atoms with E-state index in [0.29, 0.717) is 38.0 Å². The van der Waals surface area contributed by atoms with Crippen LogP contribution in [0, 0.1) is 46.3 Å². The van der Waals surface area contributed by atoms with Crippen LogP contribution in [0.2, 0.25) is 0 Å². The van der Waals surface area contributed by atoms with Crippen LogP contribution >= 0.6 is 0 Å². The number of carbonyl (C=O) groups excluding carboxylic acids is 5. The maximum absolute atomic E-state index is 12.8. The van der Waals surface area contributed by atoms with Gasteiger partial charge in [0.2, 0.25) is 11.8 Å². The van der Waals surface area contributed by atoms with Crippen molar-refractivity contribution in [2.75, 3.05) is 26.2 Å². The van der Waals surface area contributed by atoms with Crippen molar-refractivity contribution in [1.82, 2.24) is 20.9 Å². The number of alkyl carbamates (subject to hydrolysis) is 1. The molecule has 3 N–H and O–H groups in total. The molecule has 0 saturated heterocycles. The van der Waals surface area contributed by atoms with E-state index in [0.717, 1.165) is 59.7 Å². The van der Waals surface area contributed by atoms with Crippen molar-refractivity contribution in [3.63, 3.8) is 0 Å².